The molecule has 100 valence electrons. The summed E-state index contributed by atoms with van der Waals surface area (Å²) in [4.78, 5) is 19.7. The number of nitrogens with one attached hydrogen (secondary N) is 2. The maximum Gasteiger partial charge on any atom is 0.241 e. The van der Waals surface area contributed by atoms with Crippen molar-refractivity contribution < 1.29 is 9.53 Å². The molecule has 0 spiro atoms. The second kappa shape index (κ2) is 6.75. The quantitative estimate of drug-likeness (QED) is 0.666. The maximum absolute atomic E-state index is 11.4. The molecule has 7 nitrogen and oxygen atoms in total. The van der Waals surface area contributed by atoms with Crippen molar-refractivity contribution in [3.05, 3.63) is 11.9 Å². The van der Waals surface area contributed by atoms with Crippen molar-refractivity contribution in [3.8, 4) is 0 Å². The van der Waals surface area contributed by atoms with E-state index >= 15 is 0 Å². The number of aromatic nitrogens is 2. The van der Waals surface area contributed by atoms with E-state index in [1.165, 1.54) is 0 Å². The minimum absolute atomic E-state index is 0.126. The van der Waals surface area contributed by atoms with Gasteiger partial charge in [0.2, 0.25) is 5.91 Å². The lowest BCUT2D eigenvalue weighted by molar-refractivity contribution is -0.121. The SMILES string of the molecule is CCOCc1nc(N)cc(NC(C)C(=O)NC)n1. The van der Waals surface area contributed by atoms with Gasteiger partial charge in [-0.1, -0.05) is 0 Å². The molecule has 0 saturated heterocycles. The van der Waals surface area contributed by atoms with E-state index in [2.05, 4.69) is 20.6 Å². The molecular formula is C11H19N5O2. The van der Waals surface area contributed by atoms with Crippen molar-refractivity contribution in [2.45, 2.75) is 26.5 Å². The van der Waals surface area contributed by atoms with Crippen LogP contribution in [-0.2, 0) is 16.1 Å². The molecule has 0 aliphatic heterocycles. The smallest absolute Gasteiger partial charge is 0.241 e. The molecule has 0 aliphatic carbocycles. The van der Waals surface area contributed by atoms with E-state index in [1.54, 1.807) is 20.0 Å². The van der Waals surface area contributed by atoms with Crippen molar-refractivity contribution in [2.75, 3.05) is 24.7 Å². The third-order valence-corrected chi connectivity index (χ3v) is 2.23. The predicted octanol–water partition coefficient (Wildman–Crippen LogP) is 0.142. The number of carbonyl (C=O) groups is 1. The Bertz CT molecular complexity index is 410. The molecule has 0 bridgehead atoms. The maximum atomic E-state index is 11.4. The Hall–Kier alpha value is -1.89. The number of nitrogen functional groups attached to an aromatic ring is 1. The molecule has 1 atom stereocenters. The lowest BCUT2D eigenvalue weighted by Crippen LogP contribution is -2.35. The first-order chi connectivity index (χ1) is 8.56. The first-order valence-corrected chi connectivity index (χ1v) is 5.76. The zero-order chi connectivity index (χ0) is 13.5. The highest BCUT2D eigenvalue weighted by atomic mass is 16.5. The summed E-state index contributed by atoms with van der Waals surface area (Å²) in [5.74, 6) is 1.21. The zero-order valence-electron chi connectivity index (χ0n) is 10.9. The van der Waals surface area contributed by atoms with Crippen LogP contribution >= 0.6 is 0 Å². The molecule has 0 aromatic carbocycles. The van der Waals surface area contributed by atoms with Gasteiger partial charge in [0.1, 0.15) is 24.3 Å². The molecule has 0 saturated carbocycles. The number of ether oxygens (including phenoxy) is 1. The van der Waals surface area contributed by atoms with Gasteiger partial charge in [-0.25, -0.2) is 9.97 Å². The minimum Gasteiger partial charge on any atom is -0.384 e. The first-order valence-electron chi connectivity index (χ1n) is 5.76. The van der Waals surface area contributed by atoms with Gasteiger partial charge in [-0.15, -0.1) is 0 Å². The highest BCUT2D eigenvalue weighted by Gasteiger charge is 2.12. The van der Waals surface area contributed by atoms with Gasteiger partial charge < -0.3 is 21.1 Å². The average molecular weight is 253 g/mol. The Kier molecular flexibility index (Phi) is 5.31. The molecule has 1 unspecified atom stereocenters. The van der Waals surface area contributed by atoms with Crippen molar-refractivity contribution in [1.82, 2.24) is 15.3 Å². The number of amides is 1. The van der Waals surface area contributed by atoms with Gasteiger partial charge >= 0.3 is 0 Å². The molecule has 18 heavy (non-hydrogen) atoms. The topological polar surface area (TPSA) is 102 Å². The van der Waals surface area contributed by atoms with Crippen LogP contribution in [0.15, 0.2) is 6.07 Å². The van der Waals surface area contributed by atoms with Gasteiger partial charge in [0.05, 0.1) is 0 Å². The molecule has 4 N–H and O–H groups in total. The van der Waals surface area contributed by atoms with Gasteiger partial charge in [-0.3, -0.25) is 4.79 Å². The lowest BCUT2D eigenvalue weighted by atomic mass is 10.3. The summed E-state index contributed by atoms with van der Waals surface area (Å²) in [6.45, 7) is 4.50. The summed E-state index contributed by atoms with van der Waals surface area (Å²) in [7, 11) is 1.58. The molecule has 1 rings (SSSR count). The molecule has 1 heterocycles. The zero-order valence-corrected chi connectivity index (χ0v) is 10.9. The van der Waals surface area contributed by atoms with Crippen LogP contribution in [-0.4, -0.2) is 35.6 Å². The van der Waals surface area contributed by atoms with E-state index in [4.69, 9.17) is 10.5 Å². The Morgan fingerprint density at radius 2 is 2.28 bits per heavy atom. The largest absolute Gasteiger partial charge is 0.384 e. The third kappa shape index (κ3) is 4.17. The fraction of sp³-hybridized carbons (Fsp3) is 0.545. The molecule has 1 amide bonds. The van der Waals surface area contributed by atoms with Crippen molar-refractivity contribution in [2.24, 2.45) is 0 Å². The summed E-state index contributed by atoms with van der Waals surface area (Å²) >= 11 is 0. The van der Waals surface area contributed by atoms with Crippen molar-refractivity contribution in [3.63, 3.8) is 0 Å². The van der Waals surface area contributed by atoms with Crippen LogP contribution in [0.1, 0.15) is 19.7 Å². The van der Waals surface area contributed by atoms with E-state index in [0.29, 0.717) is 30.7 Å². The average Bonchev–Trinajstić information content (AvgIpc) is 2.34. The highest BCUT2D eigenvalue weighted by molar-refractivity contribution is 5.83. The Balaban J connectivity index is 2.76. The van der Waals surface area contributed by atoms with E-state index in [1.807, 2.05) is 6.92 Å². The number of nitrogens with two attached hydrogens (primary N) is 1. The molecule has 1 aromatic heterocycles. The van der Waals surface area contributed by atoms with E-state index in [9.17, 15) is 4.79 Å². The highest BCUT2D eigenvalue weighted by Crippen LogP contribution is 2.10. The number of likely N-dealkylation sites (N-methyl/N-ethyl adjacent to an activating group) is 1. The Labute approximate surface area is 106 Å². The predicted molar refractivity (Wildman–Crippen MR) is 68.9 cm³/mol. The number of nitrogens with zero attached hydrogens (tertiary/aromatic N) is 2. The van der Waals surface area contributed by atoms with Gasteiger partial charge in [-0.2, -0.15) is 0 Å². The van der Waals surface area contributed by atoms with Crippen LogP contribution in [0.5, 0.6) is 0 Å². The first kappa shape index (κ1) is 14.2. The van der Waals surface area contributed by atoms with Crippen LogP contribution in [0, 0.1) is 0 Å². The van der Waals surface area contributed by atoms with Crippen LogP contribution in [0.3, 0.4) is 0 Å². The second-order valence-corrected chi connectivity index (χ2v) is 3.71. The number of carbonyl (C=O) groups excluding carboxylic acids is 1. The van der Waals surface area contributed by atoms with Crippen LogP contribution in [0.4, 0.5) is 11.6 Å². The van der Waals surface area contributed by atoms with Crippen molar-refractivity contribution >= 4 is 17.5 Å². The number of rotatable bonds is 6. The molecule has 0 radical (unpaired) electrons. The standard InChI is InChI=1S/C11H19N5O2/c1-4-18-6-10-15-8(12)5-9(16-10)14-7(2)11(17)13-3/h5,7H,4,6H2,1-3H3,(H,13,17)(H3,12,14,15,16). The van der Waals surface area contributed by atoms with Gasteiger partial charge in [0.25, 0.3) is 0 Å². The van der Waals surface area contributed by atoms with Gasteiger partial charge in [-0.05, 0) is 13.8 Å². The fourth-order valence-electron chi connectivity index (χ4n) is 1.35. The molecule has 0 fully saturated rings. The monoisotopic (exact) mass is 253 g/mol. The van der Waals surface area contributed by atoms with Crippen LogP contribution in [0.25, 0.3) is 0 Å². The molecule has 0 aliphatic rings. The van der Waals surface area contributed by atoms with Crippen molar-refractivity contribution in [1.29, 1.82) is 0 Å². The van der Waals surface area contributed by atoms with E-state index < -0.39 is 6.04 Å². The van der Waals surface area contributed by atoms with Gasteiger partial charge in [0.15, 0.2) is 5.82 Å². The Morgan fingerprint density at radius 1 is 1.56 bits per heavy atom. The lowest BCUT2D eigenvalue weighted by Gasteiger charge is -2.13. The summed E-state index contributed by atoms with van der Waals surface area (Å²) in [6.07, 6.45) is 0. The van der Waals surface area contributed by atoms with E-state index in [0.717, 1.165) is 0 Å². The molecule has 1 aromatic rings. The normalized spacial score (nSPS) is 11.9. The summed E-state index contributed by atoms with van der Waals surface area (Å²) in [5, 5.41) is 5.50. The van der Waals surface area contributed by atoms with Crippen LogP contribution < -0.4 is 16.4 Å². The minimum atomic E-state index is -0.399. The third-order valence-electron chi connectivity index (χ3n) is 2.23. The number of hydrogen-bond donors (Lipinski definition) is 3. The summed E-state index contributed by atoms with van der Waals surface area (Å²) < 4.78 is 5.22. The van der Waals surface area contributed by atoms with Crippen LogP contribution in [0.2, 0.25) is 0 Å². The number of anilines is 2. The fourth-order valence-corrected chi connectivity index (χ4v) is 1.35. The van der Waals surface area contributed by atoms with E-state index in [-0.39, 0.29) is 5.91 Å². The molecule has 7 heteroatoms. The second-order valence-electron chi connectivity index (χ2n) is 3.71. The molecular weight excluding hydrogens is 234 g/mol. The summed E-state index contributed by atoms with van der Waals surface area (Å²) in [5.41, 5.74) is 5.67. The Morgan fingerprint density at radius 3 is 2.89 bits per heavy atom. The van der Waals surface area contributed by atoms with Gasteiger partial charge in [0, 0.05) is 19.7 Å². The summed E-state index contributed by atoms with van der Waals surface area (Å²) in [6, 6.07) is 1.18. The number of hydrogen-bond acceptors (Lipinski definition) is 6.